The molecular formula is C12H22F2N2. The van der Waals surface area contributed by atoms with E-state index in [1.807, 2.05) is 4.90 Å². The van der Waals surface area contributed by atoms with Gasteiger partial charge in [-0.15, -0.1) is 0 Å². The molecule has 0 aromatic heterocycles. The number of piperazine rings is 1. The lowest BCUT2D eigenvalue weighted by Gasteiger charge is -2.31. The summed E-state index contributed by atoms with van der Waals surface area (Å²) >= 11 is 0. The van der Waals surface area contributed by atoms with E-state index < -0.39 is 5.92 Å². The fourth-order valence-electron chi connectivity index (χ4n) is 2.90. The van der Waals surface area contributed by atoms with Gasteiger partial charge in [-0.25, -0.2) is 8.78 Å². The van der Waals surface area contributed by atoms with E-state index in [1.165, 1.54) is 0 Å². The molecule has 1 aliphatic carbocycles. The lowest BCUT2D eigenvalue weighted by Crippen LogP contribution is -2.48. The topological polar surface area (TPSA) is 15.3 Å². The fraction of sp³-hybridized carbons (Fsp3) is 1.00. The van der Waals surface area contributed by atoms with Gasteiger partial charge in [0, 0.05) is 32.6 Å². The summed E-state index contributed by atoms with van der Waals surface area (Å²) in [7, 11) is 0. The van der Waals surface area contributed by atoms with Crippen LogP contribution in [-0.2, 0) is 0 Å². The molecule has 2 nitrogen and oxygen atoms in total. The molecule has 94 valence electrons. The highest BCUT2D eigenvalue weighted by Crippen LogP contribution is 2.34. The monoisotopic (exact) mass is 232 g/mol. The summed E-state index contributed by atoms with van der Waals surface area (Å²) in [6.07, 6.45) is 4.42. The van der Waals surface area contributed by atoms with Crippen LogP contribution in [0.5, 0.6) is 0 Å². The average Bonchev–Trinajstić information content (AvgIpc) is 2.70. The van der Waals surface area contributed by atoms with Crippen LogP contribution in [0.25, 0.3) is 0 Å². The van der Waals surface area contributed by atoms with Crippen LogP contribution in [0.3, 0.4) is 0 Å². The highest BCUT2D eigenvalue weighted by atomic mass is 19.3. The number of halogens is 2. The van der Waals surface area contributed by atoms with Crippen LogP contribution in [0.4, 0.5) is 8.78 Å². The molecule has 2 rings (SSSR count). The maximum Gasteiger partial charge on any atom is 0.260 e. The zero-order valence-corrected chi connectivity index (χ0v) is 9.85. The number of nitrogens with zero attached hydrogens (tertiary/aromatic N) is 1. The van der Waals surface area contributed by atoms with Crippen LogP contribution in [0, 0.1) is 5.92 Å². The summed E-state index contributed by atoms with van der Waals surface area (Å²) in [5.74, 6) is -2.20. The Labute approximate surface area is 96.4 Å². The summed E-state index contributed by atoms with van der Waals surface area (Å²) in [5.41, 5.74) is 0. The van der Waals surface area contributed by atoms with E-state index in [1.54, 1.807) is 0 Å². The second-order valence-corrected chi connectivity index (χ2v) is 5.24. The highest BCUT2D eigenvalue weighted by Gasteiger charge is 2.35. The quantitative estimate of drug-likeness (QED) is 0.798. The number of alkyl halides is 2. The van der Waals surface area contributed by atoms with Crippen molar-refractivity contribution in [3.05, 3.63) is 0 Å². The van der Waals surface area contributed by atoms with Crippen LogP contribution in [0.1, 0.15) is 32.1 Å². The van der Waals surface area contributed by atoms with Gasteiger partial charge in [0.15, 0.2) is 0 Å². The maximum atomic E-state index is 13.8. The normalized spacial score (nSPS) is 25.1. The predicted molar refractivity (Wildman–Crippen MR) is 60.8 cm³/mol. The van der Waals surface area contributed by atoms with E-state index in [-0.39, 0.29) is 18.9 Å². The molecule has 2 aliphatic rings. The second kappa shape index (κ2) is 5.41. The van der Waals surface area contributed by atoms with Gasteiger partial charge in [0.25, 0.3) is 5.92 Å². The zero-order chi connectivity index (χ0) is 11.4. The molecule has 1 N–H and O–H groups in total. The number of hydrogen-bond donors (Lipinski definition) is 1. The lowest BCUT2D eigenvalue weighted by molar-refractivity contribution is -0.0527. The number of rotatable bonds is 4. The fourth-order valence-corrected chi connectivity index (χ4v) is 2.90. The number of nitrogens with one attached hydrogen (secondary N) is 1. The third-order valence-electron chi connectivity index (χ3n) is 3.73. The Bertz CT molecular complexity index is 209. The first-order valence-corrected chi connectivity index (χ1v) is 6.47. The van der Waals surface area contributed by atoms with Gasteiger partial charge in [-0.2, -0.15) is 0 Å². The summed E-state index contributed by atoms with van der Waals surface area (Å²) in [6, 6.07) is 0. The minimum atomic E-state index is -2.48. The van der Waals surface area contributed by atoms with Crippen LogP contribution >= 0.6 is 0 Å². The van der Waals surface area contributed by atoms with Crippen molar-refractivity contribution in [2.75, 3.05) is 32.7 Å². The molecule has 0 radical (unpaired) electrons. The molecule has 0 unspecified atom stereocenters. The van der Waals surface area contributed by atoms with Gasteiger partial charge in [0.1, 0.15) is 0 Å². The zero-order valence-electron chi connectivity index (χ0n) is 9.85. The van der Waals surface area contributed by atoms with E-state index in [4.69, 9.17) is 0 Å². The molecule has 0 bridgehead atoms. The van der Waals surface area contributed by atoms with E-state index in [0.29, 0.717) is 0 Å². The van der Waals surface area contributed by atoms with Crippen molar-refractivity contribution in [2.45, 2.75) is 38.0 Å². The molecule has 0 spiro atoms. The summed E-state index contributed by atoms with van der Waals surface area (Å²) in [5, 5.41) is 3.19. The highest BCUT2D eigenvalue weighted by molar-refractivity contribution is 4.80. The van der Waals surface area contributed by atoms with Gasteiger partial charge in [0.2, 0.25) is 0 Å². The van der Waals surface area contributed by atoms with Gasteiger partial charge in [-0.3, -0.25) is 4.90 Å². The van der Waals surface area contributed by atoms with Crippen LogP contribution in [-0.4, -0.2) is 43.5 Å². The number of hydrogen-bond acceptors (Lipinski definition) is 2. The molecule has 0 atom stereocenters. The summed E-state index contributed by atoms with van der Waals surface area (Å²) in [4.78, 5) is 1.89. The second-order valence-electron chi connectivity index (χ2n) is 5.24. The Hall–Kier alpha value is -0.220. The minimum absolute atomic E-state index is 0.0365. The van der Waals surface area contributed by atoms with Crippen LogP contribution in [0.2, 0.25) is 0 Å². The van der Waals surface area contributed by atoms with Crippen LogP contribution < -0.4 is 5.32 Å². The Kier molecular flexibility index (Phi) is 4.14. The van der Waals surface area contributed by atoms with E-state index >= 15 is 0 Å². The molecule has 1 saturated carbocycles. The average molecular weight is 232 g/mol. The standard InChI is InChI=1S/C12H22F2N2/c13-12(14,9-11-3-1-2-4-11)10-16-7-5-15-6-8-16/h11,15H,1-10H2. The first-order chi connectivity index (χ1) is 7.66. The maximum absolute atomic E-state index is 13.8. The SMILES string of the molecule is FC(F)(CC1CCCC1)CN1CCNCC1. The molecule has 1 saturated heterocycles. The van der Waals surface area contributed by atoms with Crippen molar-refractivity contribution in [3.8, 4) is 0 Å². The third-order valence-corrected chi connectivity index (χ3v) is 3.73. The smallest absolute Gasteiger partial charge is 0.260 e. The molecule has 2 fully saturated rings. The van der Waals surface area contributed by atoms with Gasteiger partial charge < -0.3 is 5.32 Å². The van der Waals surface area contributed by atoms with Crippen molar-refractivity contribution in [1.82, 2.24) is 10.2 Å². The Balaban J connectivity index is 1.76. The Morgan fingerprint density at radius 3 is 2.38 bits per heavy atom. The molecular weight excluding hydrogens is 210 g/mol. The van der Waals surface area contributed by atoms with Gasteiger partial charge in [-0.1, -0.05) is 25.7 Å². The van der Waals surface area contributed by atoms with E-state index in [9.17, 15) is 8.78 Å². The van der Waals surface area contributed by atoms with Crippen molar-refractivity contribution in [2.24, 2.45) is 5.92 Å². The third kappa shape index (κ3) is 3.67. The minimum Gasteiger partial charge on any atom is -0.314 e. The molecule has 0 aromatic rings. The Morgan fingerprint density at radius 2 is 1.75 bits per heavy atom. The van der Waals surface area contributed by atoms with Crippen LogP contribution in [0.15, 0.2) is 0 Å². The summed E-state index contributed by atoms with van der Waals surface area (Å²) in [6.45, 7) is 3.19. The first-order valence-electron chi connectivity index (χ1n) is 6.47. The van der Waals surface area contributed by atoms with Gasteiger partial charge in [-0.05, 0) is 5.92 Å². The van der Waals surface area contributed by atoms with Crippen molar-refractivity contribution >= 4 is 0 Å². The van der Waals surface area contributed by atoms with Crippen molar-refractivity contribution < 1.29 is 8.78 Å². The molecule has 16 heavy (non-hydrogen) atoms. The van der Waals surface area contributed by atoms with E-state index in [2.05, 4.69) is 5.32 Å². The summed E-state index contributed by atoms with van der Waals surface area (Å²) < 4.78 is 27.6. The largest absolute Gasteiger partial charge is 0.314 e. The van der Waals surface area contributed by atoms with E-state index in [0.717, 1.165) is 51.9 Å². The Morgan fingerprint density at radius 1 is 1.12 bits per heavy atom. The van der Waals surface area contributed by atoms with Crippen molar-refractivity contribution in [3.63, 3.8) is 0 Å². The van der Waals surface area contributed by atoms with Crippen molar-refractivity contribution in [1.29, 1.82) is 0 Å². The van der Waals surface area contributed by atoms with Gasteiger partial charge >= 0.3 is 0 Å². The predicted octanol–water partition coefficient (Wildman–Crippen LogP) is 2.11. The molecule has 4 heteroatoms. The lowest BCUT2D eigenvalue weighted by atomic mass is 9.99. The molecule has 0 aromatic carbocycles. The van der Waals surface area contributed by atoms with Gasteiger partial charge in [0.05, 0.1) is 6.54 Å². The first kappa shape index (κ1) is 12.2. The molecule has 0 amide bonds. The molecule has 1 heterocycles. The molecule has 1 aliphatic heterocycles.